The van der Waals surface area contributed by atoms with Gasteiger partial charge in [-0.25, -0.2) is 8.42 Å². The molecule has 1 atom stereocenters. The van der Waals surface area contributed by atoms with E-state index in [-0.39, 0.29) is 35.2 Å². The molecule has 0 aliphatic heterocycles. The molecule has 0 aromatic heterocycles. The van der Waals surface area contributed by atoms with Crippen molar-refractivity contribution in [3.8, 4) is 11.5 Å². The van der Waals surface area contributed by atoms with Gasteiger partial charge in [-0.15, -0.1) is 0 Å². The molecule has 0 aliphatic rings. The molecule has 12 heteroatoms. The second kappa shape index (κ2) is 16.7. The van der Waals surface area contributed by atoms with Gasteiger partial charge in [-0.1, -0.05) is 76.9 Å². The quantitative estimate of drug-likeness (QED) is 0.150. The van der Waals surface area contributed by atoms with Crippen molar-refractivity contribution in [3.63, 3.8) is 0 Å². The van der Waals surface area contributed by atoms with Crippen molar-refractivity contribution in [1.82, 2.24) is 10.2 Å². The average Bonchev–Trinajstić information content (AvgIpc) is 3.08. The Labute approximate surface area is 289 Å². The predicted molar refractivity (Wildman–Crippen MR) is 187 cm³/mol. The predicted octanol–water partition coefficient (Wildman–Crippen LogP) is 6.48. The van der Waals surface area contributed by atoms with Gasteiger partial charge in [0.25, 0.3) is 10.0 Å². The van der Waals surface area contributed by atoms with Gasteiger partial charge in [-0.2, -0.15) is 0 Å². The third-order valence-electron chi connectivity index (χ3n) is 7.40. The average molecular weight is 743 g/mol. The molecule has 248 valence electrons. The van der Waals surface area contributed by atoms with Crippen LogP contribution in [0.5, 0.6) is 11.5 Å². The summed E-state index contributed by atoms with van der Waals surface area (Å²) in [6.45, 7) is 1.83. The van der Waals surface area contributed by atoms with Gasteiger partial charge in [0, 0.05) is 35.1 Å². The molecular formula is C35H37BrClN3O6S. The Kier molecular flexibility index (Phi) is 12.7. The fraction of sp³-hybridized carbons (Fsp3) is 0.257. The first-order valence-electron chi connectivity index (χ1n) is 14.9. The summed E-state index contributed by atoms with van der Waals surface area (Å²) in [5.41, 5.74) is 1.83. The summed E-state index contributed by atoms with van der Waals surface area (Å²) in [5, 5.41) is 3.34. The topological polar surface area (TPSA) is 105 Å². The smallest absolute Gasteiger partial charge is 0.264 e. The Balaban J connectivity index is 1.82. The molecule has 0 aliphatic carbocycles. The van der Waals surface area contributed by atoms with Crippen LogP contribution in [0.15, 0.2) is 106 Å². The van der Waals surface area contributed by atoms with Crippen LogP contribution in [-0.2, 0) is 32.6 Å². The monoisotopic (exact) mass is 741 g/mol. The van der Waals surface area contributed by atoms with E-state index in [9.17, 15) is 18.0 Å². The van der Waals surface area contributed by atoms with Crippen molar-refractivity contribution in [2.75, 3.05) is 31.6 Å². The van der Waals surface area contributed by atoms with Gasteiger partial charge in [0.2, 0.25) is 11.8 Å². The molecule has 0 radical (unpaired) electrons. The Morgan fingerprint density at radius 1 is 0.872 bits per heavy atom. The maximum absolute atomic E-state index is 14.6. The number of hydrogen-bond donors (Lipinski definition) is 1. The second-order valence-electron chi connectivity index (χ2n) is 10.7. The highest BCUT2D eigenvalue weighted by molar-refractivity contribution is 9.10. The largest absolute Gasteiger partial charge is 0.493 e. The number of hydrogen-bond acceptors (Lipinski definition) is 6. The van der Waals surface area contributed by atoms with Gasteiger partial charge < -0.3 is 19.7 Å². The van der Waals surface area contributed by atoms with E-state index < -0.39 is 28.5 Å². The van der Waals surface area contributed by atoms with Crippen molar-refractivity contribution >= 4 is 55.1 Å². The summed E-state index contributed by atoms with van der Waals surface area (Å²) in [6, 6.07) is 26.3. The number of anilines is 1. The first-order valence-corrected chi connectivity index (χ1v) is 17.5. The number of carbonyl (C=O) groups excluding carboxylic acids is 2. The van der Waals surface area contributed by atoms with Crippen LogP contribution in [-0.4, -0.2) is 58.5 Å². The molecule has 47 heavy (non-hydrogen) atoms. The summed E-state index contributed by atoms with van der Waals surface area (Å²) < 4.78 is 41.1. The second-order valence-corrected chi connectivity index (χ2v) is 13.9. The number of ether oxygens (including phenoxy) is 2. The molecule has 1 N–H and O–H groups in total. The van der Waals surface area contributed by atoms with E-state index in [1.54, 1.807) is 12.1 Å². The standard InChI is InChI=1S/C35H37BrClN3O6S/c1-4-19-38-35(42)31(21-25-9-6-5-7-10-25)39(23-26-11-8-12-27(36)20-26)34(41)24-40(29-15-13-28(37)14-16-29)47(43,44)30-17-18-32(45-2)33(22-30)46-3/h5-18,20,22,31H,4,19,21,23-24H2,1-3H3,(H,38,42)/t31-/m0/s1. The fourth-order valence-electron chi connectivity index (χ4n) is 4.99. The highest BCUT2D eigenvalue weighted by Crippen LogP contribution is 2.33. The normalized spacial score (nSPS) is 11.8. The number of halogens is 2. The van der Waals surface area contributed by atoms with E-state index in [0.717, 1.165) is 19.9 Å². The lowest BCUT2D eigenvalue weighted by Gasteiger charge is -2.34. The van der Waals surface area contributed by atoms with Gasteiger partial charge in [-0.3, -0.25) is 13.9 Å². The molecule has 2 amide bonds. The van der Waals surface area contributed by atoms with Crippen LogP contribution >= 0.6 is 27.5 Å². The number of carbonyl (C=O) groups is 2. The first-order chi connectivity index (χ1) is 22.6. The first kappa shape index (κ1) is 35.8. The van der Waals surface area contributed by atoms with Crippen molar-refractivity contribution in [2.45, 2.75) is 37.2 Å². The van der Waals surface area contributed by atoms with Crippen molar-refractivity contribution < 1.29 is 27.5 Å². The highest BCUT2D eigenvalue weighted by Gasteiger charge is 2.35. The number of nitrogens with zero attached hydrogens (tertiary/aromatic N) is 2. The van der Waals surface area contributed by atoms with E-state index in [1.165, 1.54) is 49.5 Å². The summed E-state index contributed by atoms with van der Waals surface area (Å²) >= 11 is 9.65. The Morgan fingerprint density at radius 3 is 2.19 bits per heavy atom. The molecule has 0 heterocycles. The number of sulfonamides is 1. The van der Waals surface area contributed by atoms with Crippen molar-refractivity contribution in [3.05, 3.63) is 118 Å². The van der Waals surface area contributed by atoms with E-state index in [1.807, 2.05) is 61.5 Å². The van der Waals surface area contributed by atoms with Crippen LogP contribution in [0, 0.1) is 0 Å². The van der Waals surface area contributed by atoms with Crippen LogP contribution in [0.1, 0.15) is 24.5 Å². The van der Waals surface area contributed by atoms with Crippen LogP contribution < -0.4 is 19.1 Å². The van der Waals surface area contributed by atoms with Gasteiger partial charge >= 0.3 is 0 Å². The van der Waals surface area contributed by atoms with Gasteiger partial charge in [-0.05, 0) is 66.1 Å². The highest BCUT2D eigenvalue weighted by atomic mass is 79.9. The van der Waals surface area contributed by atoms with Crippen molar-refractivity contribution in [2.24, 2.45) is 0 Å². The number of methoxy groups -OCH3 is 2. The van der Waals surface area contributed by atoms with E-state index >= 15 is 0 Å². The molecule has 0 bridgehead atoms. The summed E-state index contributed by atoms with van der Waals surface area (Å²) in [7, 11) is -1.49. The number of nitrogens with one attached hydrogen (secondary N) is 1. The lowest BCUT2D eigenvalue weighted by atomic mass is 10.0. The molecule has 4 rings (SSSR count). The van der Waals surface area contributed by atoms with Gasteiger partial charge in [0.05, 0.1) is 24.8 Å². The molecule has 0 spiro atoms. The molecule has 0 fully saturated rings. The van der Waals surface area contributed by atoms with Crippen LogP contribution in [0.3, 0.4) is 0 Å². The van der Waals surface area contributed by atoms with Gasteiger partial charge in [0.1, 0.15) is 12.6 Å². The maximum Gasteiger partial charge on any atom is 0.264 e. The molecule has 0 saturated heterocycles. The molecule has 9 nitrogen and oxygen atoms in total. The Hall–Kier alpha value is -4.06. The summed E-state index contributed by atoms with van der Waals surface area (Å²) in [4.78, 5) is 29.7. The van der Waals surface area contributed by atoms with Gasteiger partial charge in [0.15, 0.2) is 11.5 Å². The summed E-state index contributed by atoms with van der Waals surface area (Å²) in [5.74, 6) is -0.346. The Morgan fingerprint density at radius 2 is 1.55 bits per heavy atom. The SMILES string of the molecule is CCCNC(=O)[C@H](Cc1ccccc1)N(Cc1cccc(Br)c1)C(=O)CN(c1ccc(Cl)cc1)S(=O)(=O)c1ccc(OC)c(OC)c1. The maximum atomic E-state index is 14.6. The lowest BCUT2D eigenvalue weighted by molar-refractivity contribution is -0.140. The van der Waals surface area contributed by atoms with Crippen LogP contribution in [0.25, 0.3) is 0 Å². The third kappa shape index (κ3) is 9.27. The van der Waals surface area contributed by atoms with Crippen LogP contribution in [0.2, 0.25) is 5.02 Å². The van der Waals surface area contributed by atoms with Crippen molar-refractivity contribution in [1.29, 1.82) is 0 Å². The zero-order valence-corrected chi connectivity index (χ0v) is 29.5. The lowest BCUT2D eigenvalue weighted by Crippen LogP contribution is -2.53. The molecule has 0 unspecified atom stereocenters. The fourth-order valence-corrected chi connectivity index (χ4v) is 7.00. The number of benzene rings is 4. The molecule has 4 aromatic rings. The molecular weight excluding hydrogens is 706 g/mol. The summed E-state index contributed by atoms with van der Waals surface area (Å²) in [6.07, 6.45) is 0.927. The van der Waals surface area contributed by atoms with E-state index in [2.05, 4.69) is 21.2 Å². The van der Waals surface area contributed by atoms with E-state index in [0.29, 0.717) is 23.7 Å². The Bertz CT molecular complexity index is 1770. The van der Waals surface area contributed by atoms with E-state index in [4.69, 9.17) is 21.1 Å². The number of rotatable bonds is 15. The molecule has 0 saturated carbocycles. The third-order valence-corrected chi connectivity index (χ3v) is 9.91. The minimum Gasteiger partial charge on any atom is -0.493 e. The molecule has 4 aromatic carbocycles. The number of amides is 2. The minimum absolute atomic E-state index is 0.0557. The minimum atomic E-state index is -4.35. The zero-order chi connectivity index (χ0) is 34.0. The zero-order valence-electron chi connectivity index (χ0n) is 26.4. The van der Waals surface area contributed by atoms with Crippen LogP contribution in [0.4, 0.5) is 5.69 Å².